The molecule has 2 aromatic carbocycles. The molecular weight excluding hydrogens is 453 g/mol. The molecule has 6 nitrogen and oxygen atoms in total. The predicted octanol–water partition coefficient (Wildman–Crippen LogP) is 5.69. The number of hydrogen-bond acceptors (Lipinski definition) is 4. The summed E-state index contributed by atoms with van der Waals surface area (Å²) in [7, 11) is 0. The lowest BCUT2D eigenvalue weighted by Crippen LogP contribution is -2.44. The Hall–Kier alpha value is -3.02. The SMILES string of the molecule is [C-]#[N+]c1ccc(N2C(=O)C(C)(C)N(c3ccc(OCCC(=O)CC)cc3)C2=S)c(F)c1Cl. The Morgan fingerprint density at radius 1 is 1.25 bits per heavy atom. The summed E-state index contributed by atoms with van der Waals surface area (Å²) in [5.74, 6) is -0.595. The van der Waals surface area contributed by atoms with Crippen molar-refractivity contribution in [2.75, 3.05) is 16.4 Å². The summed E-state index contributed by atoms with van der Waals surface area (Å²) < 4.78 is 20.5. The van der Waals surface area contributed by atoms with Crippen molar-refractivity contribution < 1.29 is 18.7 Å². The molecule has 32 heavy (non-hydrogen) atoms. The van der Waals surface area contributed by atoms with Gasteiger partial charge in [0.15, 0.2) is 10.9 Å². The van der Waals surface area contributed by atoms with Gasteiger partial charge in [-0.3, -0.25) is 14.5 Å². The van der Waals surface area contributed by atoms with E-state index < -0.39 is 17.3 Å². The summed E-state index contributed by atoms with van der Waals surface area (Å²) >= 11 is 11.5. The lowest BCUT2D eigenvalue weighted by Gasteiger charge is -2.29. The van der Waals surface area contributed by atoms with Gasteiger partial charge in [-0.2, -0.15) is 0 Å². The zero-order valence-electron chi connectivity index (χ0n) is 17.8. The fourth-order valence-corrected chi connectivity index (χ4v) is 4.10. The van der Waals surface area contributed by atoms with Gasteiger partial charge >= 0.3 is 0 Å². The Morgan fingerprint density at radius 2 is 1.91 bits per heavy atom. The number of halogens is 2. The van der Waals surface area contributed by atoms with Gasteiger partial charge in [-0.05, 0) is 56.4 Å². The summed E-state index contributed by atoms with van der Waals surface area (Å²) in [6, 6.07) is 9.61. The molecule has 2 aromatic rings. The third kappa shape index (κ3) is 4.18. The number of Topliss-reactive ketones (excluding diaryl/α,β-unsaturated/α-hetero) is 1. The normalized spacial score (nSPS) is 15.1. The Morgan fingerprint density at radius 3 is 2.50 bits per heavy atom. The highest BCUT2D eigenvalue weighted by Crippen LogP contribution is 2.40. The molecule has 0 saturated carbocycles. The van der Waals surface area contributed by atoms with E-state index in [1.165, 1.54) is 12.1 Å². The van der Waals surface area contributed by atoms with Crippen LogP contribution in [0.4, 0.5) is 21.5 Å². The first-order valence-electron chi connectivity index (χ1n) is 9.92. The molecule has 0 radical (unpaired) electrons. The molecule has 166 valence electrons. The van der Waals surface area contributed by atoms with E-state index in [0.717, 1.165) is 4.90 Å². The van der Waals surface area contributed by atoms with Gasteiger partial charge in [0.1, 0.15) is 17.1 Å². The van der Waals surface area contributed by atoms with Crippen molar-refractivity contribution in [1.29, 1.82) is 0 Å². The third-order valence-corrected chi connectivity index (χ3v) is 5.93. The van der Waals surface area contributed by atoms with Crippen LogP contribution in [0.2, 0.25) is 5.02 Å². The number of thiocarbonyl (C=S) groups is 1. The van der Waals surface area contributed by atoms with Crippen LogP contribution in [0.15, 0.2) is 36.4 Å². The van der Waals surface area contributed by atoms with E-state index in [2.05, 4.69) is 4.85 Å². The third-order valence-electron chi connectivity index (χ3n) is 5.21. The molecule has 1 heterocycles. The smallest absolute Gasteiger partial charge is 0.259 e. The van der Waals surface area contributed by atoms with Crippen molar-refractivity contribution >= 4 is 57.7 Å². The molecule has 1 aliphatic rings. The van der Waals surface area contributed by atoms with Gasteiger partial charge < -0.3 is 9.64 Å². The minimum absolute atomic E-state index is 0.0437. The van der Waals surface area contributed by atoms with Crippen molar-refractivity contribution in [2.24, 2.45) is 0 Å². The number of ketones is 1. The monoisotopic (exact) mass is 473 g/mol. The first-order valence-corrected chi connectivity index (χ1v) is 10.7. The van der Waals surface area contributed by atoms with Crippen LogP contribution in [0.25, 0.3) is 4.85 Å². The number of nitrogens with zero attached hydrogens (tertiary/aromatic N) is 3. The van der Waals surface area contributed by atoms with E-state index in [4.69, 9.17) is 35.1 Å². The summed E-state index contributed by atoms with van der Waals surface area (Å²) in [5, 5.41) is -0.264. The van der Waals surface area contributed by atoms with Gasteiger partial charge in [0.05, 0.1) is 23.9 Å². The molecule has 0 bridgehead atoms. The minimum atomic E-state index is -1.09. The highest BCUT2D eigenvalue weighted by molar-refractivity contribution is 7.81. The van der Waals surface area contributed by atoms with Crippen LogP contribution >= 0.6 is 23.8 Å². The fraction of sp³-hybridized carbons (Fsp3) is 0.304. The standard InChI is InChI=1S/C23H21ClFN3O3S/c1-5-15(29)12-13-31-16-8-6-14(7-9-16)28-22(32)27(21(30)23(28,2)3)18-11-10-17(26-4)19(24)20(18)25/h6-11H,5,12-13H2,1-3H3. The number of rotatable bonds is 7. The number of ether oxygens (including phenoxy) is 1. The summed E-state index contributed by atoms with van der Waals surface area (Å²) in [4.78, 5) is 30.5. The van der Waals surface area contributed by atoms with Crippen LogP contribution in [0.1, 0.15) is 33.6 Å². The van der Waals surface area contributed by atoms with E-state index in [1.807, 2.05) is 0 Å². The summed E-state index contributed by atoms with van der Waals surface area (Å²) in [6.07, 6.45) is 0.812. The number of carbonyl (C=O) groups excluding carboxylic acids is 2. The van der Waals surface area contributed by atoms with Gasteiger partial charge in [-0.1, -0.05) is 24.6 Å². The van der Waals surface area contributed by atoms with Crippen LogP contribution in [-0.2, 0) is 9.59 Å². The number of benzene rings is 2. The first kappa shape index (κ1) is 23.6. The largest absolute Gasteiger partial charge is 0.493 e. The Bertz CT molecular complexity index is 1130. The quantitative estimate of drug-likeness (QED) is 0.381. The van der Waals surface area contributed by atoms with Gasteiger partial charge in [0, 0.05) is 18.5 Å². The Kier molecular flexibility index (Phi) is 6.82. The Labute approximate surface area is 196 Å². The van der Waals surface area contributed by atoms with Crippen molar-refractivity contribution in [2.45, 2.75) is 39.2 Å². The van der Waals surface area contributed by atoms with Crippen molar-refractivity contribution in [1.82, 2.24) is 0 Å². The second kappa shape index (κ2) is 9.23. The summed E-state index contributed by atoms with van der Waals surface area (Å²) in [6.45, 7) is 12.5. The van der Waals surface area contributed by atoms with E-state index >= 15 is 0 Å². The van der Waals surface area contributed by atoms with Gasteiger partial charge in [-0.25, -0.2) is 9.24 Å². The van der Waals surface area contributed by atoms with Crippen molar-refractivity contribution in [3.05, 3.63) is 58.7 Å². The molecule has 1 aliphatic heterocycles. The number of amides is 1. The predicted molar refractivity (Wildman–Crippen MR) is 126 cm³/mol. The molecule has 1 saturated heterocycles. The van der Waals surface area contributed by atoms with Gasteiger partial charge in [0.2, 0.25) is 5.69 Å². The first-order chi connectivity index (χ1) is 15.1. The summed E-state index contributed by atoms with van der Waals surface area (Å²) in [5.41, 5.74) is -0.617. The highest BCUT2D eigenvalue weighted by atomic mass is 35.5. The number of anilines is 2. The Balaban J connectivity index is 1.88. The van der Waals surface area contributed by atoms with Crippen molar-refractivity contribution in [3.63, 3.8) is 0 Å². The molecular formula is C23H21ClFN3O3S. The van der Waals surface area contributed by atoms with Crippen LogP contribution in [-0.4, -0.2) is 28.9 Å². The lowest BCUT2D eigenvalue weighted by molar-refractivity contribution is -0.120. The molecule has 0 unspecified atom stereocenters. The molecule has 9 heteroatoms. The fourth-order valence-electron chi connectivity index (χ4n) is 3.38. The maximum Gasteiger partial charge on any atom is 0.259 e. The molecule has 3 rings (SSSR count). The molecule has 0 atom stereocenters. The second-order valence-electron chi connectivity index (χ2n) is 7.65. The molecule has 0 N–H and O–H groups in total. The van der Waals surface area contributed by atoms with Crippen LogP contribution < -0.4 is 14.5 Å². The van der Waals surface area contributed by atoms with Crippen LogP contribution in [0, 0.1) is 12.4 Å². The topological polar surface area (TPSA) is 54.2 Å². The molecule has 1 amide bonds. The van der Waals surface area contributed by atoms with Crippen molar-refractivity contribution in [3.8, 4) is 5.75 Å². The van der Waals surface area contributed by atoms with Gasteiger partial charge in [0.25, 0.3) is 5.91 Å². The molecule has 0 aliphatic carbocycles. The average Bonchev–Trinajstić information content (AvgIpc) is 2.94. The van der Waals surface area contributed by atoms with Gasteiger partial charge in [-0.15, -0.1) is 0 Å². The second-order valence-corrected chi connectivity index (χ2v) is 8.39. The number of carbonyl (C=O) groups is 2. The van der Waals surface area contributed by atoms with E-state index in [9.17, 15) is 14.0 Å². The zero-order chi connectivity index (χ0) is 23.6. The lowest BCUT2D eigenvalue weighted by atomic mass is 10.0. The van der Waals surface area contributed by atoms with E-state index in [-0.39, 0.29) is 33.9 Å². The maximum absolute atomic E-state index is 14.9. The maximum atomic E-state index is 14.9. The zero-order valence-corrected chi connectivity index (χ0v) is 19.4. The van der Waals surface area contributed by atoms with E-state index in [1.54, 1.807) is 49.9 Å². The number of hydrogen-bond donors (Lipinski definition) is 0. The molecule has 0 spiro atoms. The minimum Gasteiger partial charge on any atom is -0.493 e. The average molecular weight is 474 g/mol. The molecule has 1 fully saturated rings. The van der Waals surface area contributed by atoms with E-state index in [0.29, 0.717) is 24.3 Å². The van der Waals surface area contributed by atoms with Crippen LogP contribution in [0.3, 0.4) is 0 Å². The highest BCUT2D eigenvalue weighted by Gasteiger charge is 2.51. The van der Waals surface area contributed by atoms with Crippen LogP contribution in [0.5, 0.6) is 5.75 Å². The molecule has 0 aromatic heterocycles.